The zero-order valence-corrected chi connectivity index (χ0v) is 10.1. The van der Waals surface area contributed by atoms with Gasteiger partial charge in [0.05, 0.1) is 0 Å². The van der Waals surface area contributed by atoms with E-state index in [1.807, 2.05) is 0 Å². The van der Waals surface area contributed by atoms with Crippen LogP contribution >= 0.6 is 0 Å². The molecular formula is C14H20N2. The molecule has 0 unspecified atom stereocenters. The summed E-state index contributed by atoms with van der Waals surface area (Å²) in [5.41, 5.74) is 2.83. The van der Waals surface area contributed by atoms with E-state index in [9.17, 15) is 0 Å². The van der Waals surface area contributed by atoms with E-state index in [4.69, 9.17) is 0 Å². The van der Waals surface area contributed by atoms with Crippen molar-refractivity contribution in [3.8, 4) is 0 Å². The van der Waals surface area contributed by atoms with Crippen LogP contribution in [-0.4, -0.2) is 27.2 Å². The van der Waals surface area contributed by atoms with Gasteiger partial charge in [-0.2, -0.15) is 0 Å². The van der Waals surface area contributed by atoms with Crippen LogP contribution in [0.4, 0.5) is 5.69 Å². The maximum Gasteiger partial charge on any atom is 0.0361 e. The van der Waals surface area contributed by atoms with Crippen LogP contribution in [0.1, 0.15) is 17.9 Å². The molecule has 1 aromatic rings. The maximum absolute atomic E-state index is 3.51. The van der Waals surface area contributed by atoms with E-state index in [-0.39, 0.29) is 0 Å². The minimum absolute atomic E-state index is 0.816. The number of hydrogen-bond acceptors (Lipinski definition) is 2. The number of fused-ring (bicyclic) bond motifs is 1. The van der Waals surface area contributed by atoms with Crippen LogP contribution in [0.3, 0.4) is 0 Å². The SMILES string of the molecule is CN(C)c1ccc([C@@H]2C[C@@H]3CNC[C@H]32)cc1. The molecule has 16 heavy (non-hydrogen) atoms. The molecule has 1 saturated heterocycles. The van der Waals surface area contributed by atoms with E-state index in [1.54, 1.807) is 0 Å². The lowest BCUT2D eigenvalue weighted by molar-refractivity contribution is 0.191. The molecule has 1 aliphatic carbocycles. The number of hydrogen-bond donors (Lipinski definition) is 1. The fraction of sp³-hybridized carbons (Fsp3) is 0.571. The first-order valence-electron chi connectivity index (χ1n) is 6.23. The molecule has 0 radical (unpaired) electrons. The van der Waals surface area contributed by atoms with Gasteiger partial charge in [-0.1, -0.05) is 12.1 Å². The summed E-state index contributed by atoms with van der Waals surface area (Å²) in [6, 6.07) is 9.11. The highest BCUT2D eigenvalue weighted by atomic mass is 15.1. The van der Waals surface area contributed by atoms with Crippen molar-refractivity contribution in [3.05, 3.63) is 29.8 Å². The van der Waals surface area contributed by atoms with E-state index < -0.39 is 0 Å². The van der Waals surface area contributed by atoms with Gasteiger partial charge in [-0.3, -0.25) is 0 Å². The largest absolute Gasteiger partial charge is 0.378 e. The Bertz CT molecular complexity index is 369. The molecule has 2 heteroatoms. The number of benzene rings is 1. The van der Waals surface area contributed by atoms with Crippen molar-refractivity contribution in [1.82, 2.24) is 5.32 Å². The first-order chi connectivity index (χ1) is 7.75. The smallest absolute Gasteiger partial charge is 0.0361 e. The summed E-state index contributed by atoms with van der Waals surface area (Å²) in [6.07, 6.45) is 1.39. The van der Waals surface area contributed by atoms with Gasteiger partial charge >= 0.3 is 0 Å². The topological polar surface area (TPSA) is 15.3 Å². The van der Waals surface area contributed by atoms with Gasteiger partial charge in [0.15, 0.2) is 0 Å². The van der Waals surface area contributed by atoms with Crippen LogP contribution in [0.2, 0.25) is 0 Å². The summed E-state index contributed by atoms with van der Waals surface area (Å²) in [7, 11) is 4.19. The summed E-state index contributed by atoms with van der Waals surface area (Å²) in [4.78, 5) is 2.16. The van der Waals surface area contributed by atoms with Crippen molar-refractivity contribution in [3.63, 3.8) is 0 Å². The normalized spacial score (nSPS) is 32.0. The van der Waals surface area contributed by atoms with Crippen LogP contribution in [0.15, 0.2) is 24.3 Å². The molecule has 86 valence electrons. The Morgan fingerprint density at radius 2 is 1.88 bits per heavy atom. The first-order valence-corrected chi connectivity index (χ1v) is 6.23. The molecule has 2 nitrogen and oxygen atoms in total. The van der Waals surface area contributed by atoms with E-state index in [0.29, 0.717) is 0 Å². The average Bonchev–Trinajstić information content (AvgIpc) is 2.61. The Kier molecular flexibility index (Phi) is 2.40. The molecular weight excluding hydrogens is 196 g/mol. The van der Waals surface area contributed by atoms with Crippen LogP contribution in [0.5, 0.6) is 0 Å². The Hall–Kier alpha value is -1.02. The molecule has 0 aromatic heterocycles. The number of rotatable bonds is 2. The predicted octanol–water partition coefficient (Wildman–Crippen LogP) is 2.08. The summed E-state index contributed by atoms with van der Waals surface area (Å²) in [5.74, 6) is 2.68. The van der Waals surface area contributed by atoms with Gasteiger partial charge in [0.1, 0.15) is 0 Å². The lowest BCUT2D eigenvalue weighted by Crippen LogP contribution is -2.33. The van der Waals surface area contributed by atoms with E-state index >= 15 is 0 Å². The zero-order chi connectivity index (χ0) is 11.1. The molecule has 1 aliphatic heterocycles. The summed E-state index contributed by atoms with van der Waals surface area (Å²) >= 11 is 0. The number of nitrogens with one attached hydrogen (secondary N) is 1. The van der Waals surface area contributed by atoms with E-state index in [1.165, 1.54) is 30.8 Å². The molecule has 1 N–H and O–H groups in total. The van der Waals surface area contributed by atoms with Crippen molar-refractivity contribution < 1.29 is 0 Å². The monoisotopic (exact) mass is 216 g/mol. The van der Waals surface area contributed by atoms with Crippen molar-refractivity contribution in [2.45, 2.75) is 12.3 Å². The molecule has 1 heterocycles. The highest BCUT2D eigenvalue weighted by Crippen LogP contribution is 2.49. The van der Waals surface area contributed by atoms with Crippen LogP contribution in [0.25, 0.3) is 0 Å². The van der Waals surface area contributed by atoms with Gasteiger partial charge < -0.3 is 10.2 Å². The van der Waals surface area contributed by atoms with Gasteiger partial charge in [-0.25, -0.2) is 0 Å². The second-order valence-corrected chi connectivity index (χ2v) is 5.41. The second kappa shape index (κ2) is 3.77. The van der Waals surface area contributed by atoms with Crippen LogP contribution in [0, 0.1) is 11.8 Å². The first kappa shape index (κ1) is 10.2. The number of nitrogens with zero attached hydrogens (tertiary/aromatic N) is 1. The highest BCUT2D eigenvalue weighted by molar-refractivity contribution is 5.47. The fourth-order valence-electron chi connectivity index (χ4n) is 3.19. The molecule has 1 aromatic carbocycles. The third kappa shape index (κ3) is 1.52. The Morgan fingerprint density at radius 3 is 2.50 bits per heavy atom. The summed E-state index contributed by atoms with van der Waals surface area (Å²) in [5, 5.41) is 3.51. The Labute approximate surface area is 97.6 Å². The van der Waals surface area contributed by atoms with Gasteiger partial charge in [0.25, 0.3) is 0 Å². The number of anilines is 1. The van der Waals surface area contributed by atoms with Crippen molar-refractivity contribution in [1.29, 1.82) is 0 Å². The van der Waals surface area contributed by atoms with E-state index in [0.717, 1.165) is 17.8 Å². The molecule has 3 atom stereocenters. The average molecular weight is 216 g/mol. The van der Waals surface area contributed by atoms with Crippen molar-refractivity contribution in [2.75, 3.05) is 32.1 Å². The third-order valence-corrected chi connectivity index (χ3v) is 4.30. The summed E-state index contributed by atoms with van der Waals surface area (Å²) in [6.45, 7) is 2.47. The molecule has 0 amide bonds. The quantitative estimate of drug-likeness (QED) is 0.814. The molecule has 1 saturated carbocycles. The zero-order valence-electron chi connectivity index (χ0n) is 10.1. The predicted molar refractivity (Wildman–Crippen MR) is 68.0 cm³/mol. The lowest BCUT2D eigenvalue weighted by atomic mass is 9.64. The minimum atomic E-state index is 0.816. The second-order valence-electron chi connectivity index (χ2n) is 5.41. The lowest BCUT2D eigenvalue weighted by Gasteiger charge is -2.40. The highest BCUT2D eigenvalue weighted by Gasteiger charge is 2.44. The Morgan fingerprint density at radius 1 is 1.12 bits per heavy atom. The molecule has 3 rings (SSSR count). The van der Waals surface area contributed by atoms with Gasteiger partial charge in [-0.15, -0.1) is 0 Å². The van der Waals surface area contributed by atoms with Crippen LogP contribution < -0.4 is 10.2 Å². The third-order valence-electron chi connectivity index (χ3n) is 4.30. The van der Waals surface area contributed by atoms with Crippen molar-refractivity contribution >= 4 is 5.69 Å². The van der Waals surface area contributed by atoms with Crippen LogP contribution in [-0.2, 0) is 0 Å². The molecule has 0 bridgehead atoms. The molecule has 2 fully saturated rings. The van der Waals surface area contributed by atoms with E-state index in [2.05, 4.69) is 48.6 Å². The van der Waals surface area contributed by atoms with Gasteiger partial charge in [-0.05, 0) is 55.0 Å². The van der Waals surface area contributed by atoms with Gasteiger partial charge in [0.2, 0.25) is 0 Å². The maximum atomic E-state index is 3.51. The summed E-state index contributed by atoms with van der Waals surface area (Å²) < 4.78 is 0. The Balaban J connectivity index is 1.75. The molecule has 0 spiro atoms. The minimum Gasteiger partial charge on any atom is -0.378 e. The van der Waals surface area contributed by atoms with Crippen molar-refractivity contribution in [2.24, 2.45) is 11.8 Å². The standard InChI is InChI=1S/C14H20N2/c1-16(2)12-5-3-10(4-6-12)13-7-11-8-15-9-14(11)13/h3-6,11,13-15H,7-9H2,1-2H3/t11-,13+,14-/m1/s1. The molecule has 2 aliphatic rings. The fourth-order valence-corrected chi connectivity index (χ4v) is 3.19. The van der Waals surface area contributed by atoms with Gasteiger partial charge in [0, 0.05) is 19.8 Å².